The molecule has 0 aliphatic carbocycles. The van der Waals surface area contributed by atoms with E-state index in [1.165, 1.54) is 6.92 Å². The van der Waals surface area contributed by atoms with Gasteiger partial charge in [-0.1, -0.05) is 6.07 Å². The SMILES string of the molecule is CCOc1ccc(C(C)(N)CCO)cc1NC(C)=O. The third-order valence-electron chi connectivity index (χ3n) is 2.88. The third-order valence-corrected chi connectivity index (χ3v) is 2.88. The summed E-state index contributed by atoms with van der Waals surface area (Å²) in [5.74, 6) is 0.445. The Bertz CT molecular complexity index is 444. The number of nitrogens with one attached hydrogen (secondary N) is 1. The summed E-state index contributed by atoms with van der Waals surface area (Å²) in [6.45, 7) is 5.69. The van der Waals surface area contributed by atoms with Gasteiger partial charge in [0.1, 0.15) is 5.75 Å². The molecule has 1 rings (SSSR count). The number of hydrogen-bond donors (Lipinski definition) is 3. The number of rotatable bonds is 6. The van der Waals surface area contributed by atoms with Gasteiger partial charge in [-0.25, -0.2) is 0 Å². The van der Waals surface area contributed by atoms with Crippen molar-refractivity contribution in [2.75, 3.05) is 18.5 Å². The van der Waals surface area contributed by atoms with E-state index in [-0.39, 0.29) is 12.5 Å². The topological polar surface area (TPSA) is 84.6 Å². The zero-order valence-corrected chi connectivity index (χ0v) is 11.7. The maximum atomic E-state index is 11.2. The summed E-state index contributed by atoms with van der Waals surface area (Å²) >= 11 is 0. The lowest BCUT2D eigenvalue weighted by Crippen LogP contribution is -2.34. The van der Waals surface area contributed by atoms with E-state index < -0.39 is 5.54 Å². The maximum absolute atomic E-state index is 11.2. The Morgan fingerprint density at radius 2 is 2.21 bits per heavy atom. The number of anilines is 1. The molecule has 1 aromatic carbocycles. The Balaban J connectivity index is 3.13. The standard InChI is InChI=1S/C14H22N2O3/c1-4-19-13-6-5-11(14(3,15)7-8-17)9-12(13)16-10(2)18/h5-6,9,17H,4,7-8,15H2,1-3H3,(H,16,18). The van der Waals surface area contributed by atoms with Crippen LogP contribution in [0.1, 0.15) is 32.8 Å². The molecule has 1 amide bonds. The molecule has 0 aliphatic rings. The highest BCUT2D eigenvalue weighted by molar-refractivity contribution is 5.90. The number of carbonyl (C=O) groups excluding carboxylic acids is 1. The molecule has 0 aliphatic heterocycles. The molecule has 1 atom stereocenters. The Morgan fingerprint density at radius 3 is 2.74 bits per heavy atom. The van der Waals surface area contributed by atoms with E-state index in [0.717, 1.165) is 5.56 Å². The Labute approximate surface area is 113 Å². The van der Waals surface area contributed by atoms with Crippen LogP contribution in [-0.4, -0.2) is 24.2 Å². The first-order chi connectivity index (χ1) is 8.90. The number of aliphatic hydroxyl groups is 1. The van der Waals surface area contributed by atoms with Gasteiger partial charge >= 0.3 is 0 Å². The first-order valence-corrected chi connectivity index (χ1v) is 6.35. The van der Waals surface area contributed by atoms with Crippen LogP contribution in [0.4, 0.5) is 5.69 Å². The molecule has 0 spiro atoms. The molecule has 0 saturated carbocycles. The summed E-state index contributed by atoms with van der Waals surface area (Å²) in [5, 5.41) is 11.8. The highest BCUT2D eigenvalue weighted by atomic mass is 16.5. The lowest BCUT2D eigenvalue weighted by atomic mass is 9.89. The average molecular weight is 266 g/mol. The molecule has 0 fully saturated rings. The van der Waals surface area contributed by atoms with Crippen LogP contribution in [0.5, 0.6) is 5.75 Å². The normalized spacial score (nSPS) is 13.7. The van der Waals surface area contributed by atoms with Crippen molar-refractivity contribution in [3.8, 4) is 5.75 Å². The van der Waals surface area contributed by atoms with E-state index in [4.69, 9.17) is 15.6 Å². The zero-order valence-electron chi connectivity index (χ0n) is 11.7. The van der Waals surface area contributed by atoms with Crippen molar-refractivity contribution in [1.29, 1.82) is 0 Å². The number of benzene rings is 1. The first kappa shape index (κ1) is 15.5. The van der Waals surface area contributed by atoms with Crippen molar-refractivity contribution in [1.82, 2.24) is 0 Å². The second-order valence-electron chi connectivity index (χ2n) is 4.72. The summed E-state index contributed by atoms with van der Waals surface area (Å²) in [5.41, 5.74) is 6.95. The molecule has 19 heavy (non-hydrogen) atoms. The second-order valence-corrected chi connectivity index (χ2v) is 4.72. The molecule has 0 aromatic heterocycles. The van der Waals surface area contributed by atoms with Gasteiger partial charge in [-0.2, -0.15) is 0 Å². The van der Waals surface area contributed by atoms with Crippen molar-refractivity contribution in [2.45, 2.75) is 32.7 Å². The first-order valence-electron chi connectivity index (χ1n) is 6.35. The highest BCUT2D eigenvalue weighted by Gasteiger charge is 2.22. The van der Waals surface area contributed by atoms with E-state index in [1.54, 1.807) is 12.1 Å². The Hall–Kier alpha value is -1.59. The molecular formula is C14H22N2O3. The fourth-order valence-corrected chi connectivity index (χ4v) is 1.83. The van der Waals surface area contributed by atoms with E-state index >= 15 is 0 Å². The molecule has 0 radical (unpaired) electrons. The van der Waals surface area contributed by atoms with Crippen LogP contribution < -0.4 is 15.8 Å². The van der Waals surface area contributed by atoms with Gasteiger partial charge in [0.15, 0.2) is 0 Å². The van der Waals surface area contributed by atoms with Crippen LogP contribution in [0.15, 0.2) is 18.2 Å². The Morgan fingerprint density at radius 1 is 1.53 bits per heavy atom. The van der Waals surface area contributed by atoms with Gasteiger partial charge in [0.05, 0.1) is 12.3 Å². The van der Waals surface area contributed by atoms with Gasteiger partial charge in [0, 0.05) is 19.1 Å². The molecular weight excluding hydrogens is 244 g/mol. The summed E-state index contributed by atoms with van der Waals surface area (Å²) in [6.07, 6.45) is 0.445. The number of nitrogens with two attached hydrogens (primary N) is 1. The number of carbonyl (C=O) groups is 1. The van der Waals surface area contributed by atoms with Crippen LogP contribution in [0.25, 0.3) is 0 Å². The van der Waals surface area contributed by atoms with E-state index in [0.29, 0.717) is 24.5 Å². The summed E-state index contributed by atoms with van der Waals surface area (Å²) < 4.78 is 5.46. The quantitative estimate of drug-likeness (QED) is 0.730. The van der Waals surface area contributed by atoms with Gasteiger partial charge in [-0.05, 0) is 38.0 Å². The second kappa shape index (κ2) is 6.54. The Kier molecular flexibility index (Phi) is 5.32. The smallest absolute Gasteiger partial charge is 0.221 e. The summed E-state index contributed by atoms with van der Waals surface area (Å²) in [4.78, 5) is 11.2. The van der Waals surface area contributed by atoms with E-state index in [9.17, 15) is 4.79 Å². The minimum atomic E-state index is -0.646. The van der Waals surface area contributed by atoms with Crippen LogP contribution in [0.2, 0.25) is 0 Å². The van der Waals surface area contributed by atoms with Crippen LogP contribution in [0.3, 0.4) is 0 Å². The molecule has 0 heterocycles. The van der Waals surface area contributed by atoms with Gasteiger partial charge in [-0.3, -0.25) is 4.79 Å². The lowest BCUT2D eigenvalue weighted by molar-refractivity contribution is -0.114. The van der Waals surface area contributed by atoms with Gasteiger partial charge in [-0.15, -0.1) is 0 Å². The molecule has 4 N–H and O–H groups in total. The molecule has 0 saturated heterocycles. The van der Waals surface area contributed by atoms with Crippen molar-refractivity contribution < 1.29 is 14.6 Å². The van der Waals surface area contributed by atoms with Crippen LogP contribution in [-0.2, 0) is 10.3 Å². The maximum Gasteiger partial charge on any atom is 0.221 e. The van der Waals surface area contributed by atoms with E-state index in [1.807, 2.05) is 19.9 Å². The van der Waals surface area contributed by atoms with Crippen molar-refractivity contribution in [2.24, 2.45) is 5.73 Å². The summed E-state index contributed by atoms with van der Waals surface area (Å²) in [7, 11) is 0. The minimum Gasteiger partial charge on any atom is -0.492 e. The lowest BCUT2D eigenvalue weighted by Gasteiger charge is -2.25. The zero-order chi connectivity index (χ0) is 14.5. The van der Waals surface area contributed by atoms with Crippen molar-refractivity contribution in [3.05, 3.63) is 23.8 Å². The van der Waals surface area contributed by atoms with Crippen LogP contribution >= 0.6 is 0 Å². The van der Waals surface area contributed by atoms with Gasteiger partial charge in [0.2, 0.25) is 5.91 Å². The number of hydrogen-bond acceptors (Lipinski definition) is 4. The average Bonchev–Trinajstić information content (AvgIpc) is 2.30. The predicted molar refractivity (Wildman–Crippen MR) is 75.2 cm³/mol. The minimum absolute atomic E-state index is 0.00960. The van der Waals surface area contributed by atoms with Crippen molar-refractivity contribution in [3.63, 3.8) is 0 Å². The number of amides is 1. The molecule has 106 valence electrons. The monoisotopic (exact) mass is 266 g/mol. The fourth-order valence-electron chi connectivity index (χ4n) is 1.83. The molecule has 5 nitrogen and oxygen atoms in total. The fraction of sp³-hybridized carbons (Fsp3) is 0.500. The van der Waals surface area contributed by atoms with Crippen molar-refractivity contribution >= 4 is 11.6 Å². The summed E-state index contributed by atoms with van der Waals surface area (Å²) in [6, 6.07) is 5.43. The largest absolute Gasteiger partial charge is 0.492 e. The van der Waals surface area contributed by atoms with E-state index in [2.05, 4.69) is 5.32 Å². The number of ether oxygens (including phenoxy) is 1. The number of aliphatic hydroxyl groups excluding tert-OH is 1. The van der Waals surface area contributed by atoms with Gasteiger partial charge < -0.3 is 20.9 Å². The highest BCUT2D eigenvalue weighted by Crippen LogP contribution is 2.31. The molecule has 1 aromatic rings. The molecule has 0 bridgehead atoms. The molecule has 5 heteroatoms. The van der Waals surface area contributed by atoms with Gasteiger partial charge in [0.25, 0.3) is 0 Å². The van der Waals surface area contributed by atoms with Crippen LogP contribution in [0, 0.1) is 0 Å². The predicted octanol–water partition coefficient (Wildman–Crippen LogP) is 1.60. The third kappa shape index (κ3) is 4.22. The molecule has 1 unspecified atom stereocenters.